The number of halogens is 6. The number of oxime groups is 1. The number of carbonyl (C=O) groups excluding carboxylic acids is 1. The molecule has 0 atom stereocenters. The second kappa shape index (κ2) is 8.21. The minimum atomic E-state index is -3.14. The van der Waals surface area contributed by atoms with Crippen molar-refractivity contribution in [2.75, 3.05) is 0 Å². The molecule has 0 bridgehead atoms. The minimum Gasteiger partial charge on any atom is -0.380 e. The number of hydrogen-bond acceptors (Lipinski definition) is 5. The second-order valence-corrected chi connectivity index (χ2v) is 6.33. The first kappa shape index (κ1) is 20.8. The van der Waals surface area contributed by atoms with Crippen LogP contribution in [0.25, 0.3) is 5.65 Å². The summed E-state index contributed by atoms with van der Waals surface area (Å²) in [5, 5.41) is 7.52. The summed E-state index contributed by atoms with van der Waals surface area (Å²) in [6.45, 7) is 0. The standard InChI is InChI=1S/C16H9Cl2F4N5O2/c17-6-1-2-7(8(18)3-6)15(23)26-29-16(28)10-5-12-24-9(13(19)20)4-11(14(21)22)27(12)25-10/h1-5,13-14H,(H2,23,26). The molecule has 0 aliphatic rings. The molecule has 0 fully saturated rings. The van der Waals surface area contributed by atoms with Gasteiger partial charge >= 0.3 is 5.97 Å². The van der Waals surface area contributed by atoms with Gasteiger partial charge in [0.2, 0.25) is 0 Å². The molecule has 0 aliphatic heterocycles. The van der Waals surface area contributed by atoms with Gasteiger partial charge in [0.1, 0.15) is 11.4 Å². The molecule has 7 nitrogen and oxygen atoms in total. The van der Waals surface area contributed by atoms with E-state index < -0.39 is 35.9 Å². The summed E-state index contributed by atoms with van der Waals surface area (Å²) in [6.07, 6.45) is -6.22. The number of carbonyl (C=O) groups is 1. The zero-order chi connectivity index (χ0) is 21.3. The molecule has 0 spiro atoms. The van der Waals surface area contributed by atoms with E-state index in [9.17, 15) is 22.4 Å². The Hall–Kier alpha value is -2.92. The molecule has 0 aliphatic carbocycles. The molecule has 3 aromatic rings. The molecule has 0 unspecified atom stereocenters. The molecule has 2 heterocycles. The van der Waals surface area contributed by atoms with Crippen LogP contribution in [-0.2, 0) is 4.84 Å². The predicted octanol–water partition coefficient (Wildman–Crippen LogP) is 4.39. The molecule has 152 valence electrons. The lowest BCUT2D eigenvalue weighted by Crippen LogP contribution is -2.16. The average molecular weight is 450 g/mol. The topological polar surface area (TPSA) is 94.9 Å². The van der Waals surface area contributed by atoms with Crippen molar-refractivity contribution in [2.45, 2.75) is 12.9 Å². The Morgan fingerprint density at radius 2 is 1.86 bits per heavy atom. The van der Waals surface area contributed by atoms with Crippen molar-refractivity contribution in [3.63, 3.8) is 0 Å². The zero-order valence-electron chi connectivity index (χ0n) is 14.0. The van der Waals surface area contributed by atoms with Crippen molar-refractivity contribution in [3.05, 3.63) is 63.0 Å². The van der Waals surface area contributed by atoms with Crippen molar-refractivity contribution < 1.29 is 27.2 Å². The van der Waals surface area contributed by atoms with Crippen LogP contribution in [0.3, 0.4) is 0 Å². The lowest BCUT2D eigenvalue weighted by atomic mass is 10.2. The quantitative estimate of drug-likeness (QED) is 0.205. The highest BCUT2D eigenvalue weighted by Gasteiger charge is 2.22. The molecular formula is C16H9Cl2F4N5O2. The lowest BCUT2D eigenvalue weighted by Gasteiger charge is -2.06. The van der Waals surface area contributed by atoms with E-state index in [0.29, 0.717) is 15.6 Å². The molecular weight excluding hydrogens is 441 g/mol. The lowest BCUT2D eigenvalue weighted by molar-refractivity contribution is 0.0508. The first-order chi connectivity index (χ1) is 13.7. The predicted molar refractivity (Wildman–Crippen MR) is 95.5 cm³/mol. The maximum atomic E-state index is 13.1. The Balaban J connectivity index is 1.90. The van der Waals surface area contributed by atoms with Gasteiger partial charge in [0, 0.05) is 16.7 Å². The number of nitrogens with zero attached hydrogens (tertiary/aromatic N) is 4. The summed E-state index contributed by atoms with van der Waals surface area (Å²) in [5.74, 6) is -1.45. The molecule has 1 aromatic carbocycles. The first-order valence-electron chi connectivity index (χ1n) is 7.64. The number of alkyl halides is 4. The van der Waals surface area contributed by atoms with Crippen molar-refractivity contribution in [3.8, 4) is 0 Å². The van der Waals surface area contributed by atoms with Crippen LogP contribution in [0.5, 0.6) is 0 Å². The second-order valence-electron chi connectivity index (χ2n) is 5.49. The molecule has 29 heavy (non-hydrogen) atoms. The van der Waals surface area contributed by atoms with Gasteiger partial charge in [0.15, 0.2) is 17.2 Å². The number of rotatable bonds is 5. The van der Waals surface area contributed by atoms with Crippen molar-refractivity contribution in [1.29, 1.82) is 0 Å². The highest BCUT2D eigenvalue weighted by atomic mass is 35.5. The largest absolute Gasteiger partial charge is 0.385 e. The average Bonchev–Trinajstić information content (AvgIpc) is 3.09. The molecule has 0 amide bonds. The zero-order valence-corrected chi connectivity index (χ0v) is 15.5. The van der Waals surface area contributed by atoms with Crippen molar-refractivity contribution >= 4 is 40.7 Å². The maximum Gasteiger partial charge on any atom is 0.385 e. The molecule has 0 saturated carbocycles. The van der Waals surface area contributed by atoms with Crippen LogP contribution in [0.2, 0.25) is 10.0 Å². The van der Waals surface area contributed by atoms with Crippen molar-refractivity contribution in [1.82, 2.24) is 14.6 Å². The Morgan fingerprint density at radius 1 is 1.14 bits per heavy atom. The molecule has 0 radical (unpaired) electrons. The van der Waals surface area contributed by atoms with Gasteiger partial charge in [0.05, 0.1) is 5.02 Å². The van der Waals surface area contributed by atoms with Crippen LogP contribution in [0.4, 0.5) is 17.6 Å². The SMILES string of the molecule is N/C(=N\OC(=O)c1cc2nc(C(F)F)cc(C(F)F)n2n1)c1ccc(Cl)cc1Cl. The van der Waals surface area contributed by atoms with Gasteiger partial charge in [-0.25, -0.2) is 31.9 Å². The van der Waals surface area contributed by atoms with E-state index in [1.54, 1.807) is 0 Å². The number of aromatic nitrogens is 3. The number of fused-ring (bicyclic) bond motifs is 1. The van der Waals surface area contributed by atoms with Crippen LogP contribution >= 0.6 is 23.2 Å². The molecule has 2 aromatic heterocycles. The number of amidine groups is 1. The fraction of sp³-hybridized carbons (Fsp3) is 0.125. The van der Waals surface area contributed by atoms with E-state index in [-0.39, 0.29) is 22.1 Å². The summed E-state index contributed by atoms with van der Waals surface area (Å²) >= 11 is 11.7. The van der Waals surface area contributed by atoms with Gasteiger partial charge in [-0.3, -0.25) is 0 Å². The Bertz CT molecular complexity index is 1120. The van der Waals surface area contributed by atoms with Gasteiger partial charge in [0.25, 0.3) is 12.9 Å². The Kier molecular flexibility index (Phi) is 5.89. The van der Waals surface area contributed by atoms with E-state index in [0.717, 1.165) is 6.07 Å². The number of benzene rings is 1. The van der Waals surface area contributed by atoms with Crippen LogP contribution in [-0.4, -0.2) is 26.4 Å². The molecule has 3 rings (SSSR count). The maximum absolute atomic E-state index is 13.1. The van der Waals surface area contributed by atoms with E-state index in [1.165, 1.54) is 18.2 Å². The molecule has 0 saturated heterocycles. The normalized spacial score (nSPS) is 12.2. The third-order valence-electron chi connectivity index (χ3n) is 3.56. The van der Waals surface area contributed by atoms with E-state index >= 15 is 0 Å². The summed E-state index contributed by atoms with van der Waals surface area (Å²) in [6, 6.07) is 5.72. The van der Waals surface area contributed by atoms with Gasteiger partial charge in [-0.1, -0.05) is 28.4 Å². The van der Waals surface area contributed by atoms with Crippen LogP contribution in [0, 0.1) is 0 Å². The highest BCUT2D eigenvalue weighted by Crippen LogP contribution is 2.25. The van der Waals surface area contributed by atoms with Crippen LogP contribution < -0.4 is 5.73 Å². The Labute approximate surface area is 169 Å². The Morgan fingerprint density at radius 3 is 2.48 bits per heavy atom. The minimum absolute atomic E-state index is 0.146. The van der Waals surface area contributed by atoms with E-state index in [2.05, 4.69) is 20.1 Å². The van der Waals surface area contributed by atoms with Gasteiger partial charge in [-0.05, 0) is 24.3 Å². The fourth-order valence-electron chi connectivity index (χ4n) is 2.27. The third kappa shape index (κ3) is 4.40. The highest BCUT2D eigenvalue weighted by molar-refractivity contribution is 6.36. The van der Waals surface area contributed by atoms with E-state index in [4.69, 9.17) is 28.9 Å². The first-order valence-corrected chi connectivity index (χ1v) is 8.40. The van der Waals surface area contributed by atoms with Gasteiger partial charge < -0.3 is 10.6 Å². The van der Waals surface area contributed by atoms with Crippen LogP contribution in [0.1, 0.15) is 40.3 Å². The number of nitrogens with two attached hydrogens (primary N) is 1. The number of hydrogen-bond donors (Lipinski definition) is 1. The summed E-state index contributed by atoms with van der Waals surface area (Å²) in [7, 11) is 0. The van der Waals surface area contributed by atoms with Gasteiger partial charge in [-0.15, -0.1) is 0 Å². The van der Waals surface area contributed by atoms with Crippen molar-refractivity contribution in [2.24, 2.45) is 10.9 Å². The molecule has 13 heteroatoms. The fourth-order valence-corrected chi connectivity index (χ4v) is 2.77. The molecule has 2 N–H and O–H groups in total. The summed E-state index contributed by atoms with van der Waals surface area (Å²) < 4.78 is 52.6. The van der Waals surface area contributed by atoms with Gasteiger partial charge in [-0.2, -0.15) is 5.10 Å². The monoisotopic (exact) mass is 449 g/mol. The third-order valence-corrected chi connectivity index (χ3v) is 4.11. The smallest absolute Gasteiger partial charge is 0.380 e. The summed E-state index contributed by atoms with van der Waals surface area (Å²) in [4.78, 5) is 20.2. The van der Waals surface area contributed by atoms with Crippen LogP contribution in [0.15, 0.2) is 35.5 Å². The summed E-state index contributed by atoms with van der Waals surface area (Å²) in [5.41, 5.74) is 3.29. The van der Waals surface area contributed by atoms with E-state index in [1.807, 2.05) is 0 Å².